The molecule has 0 spiro atoms. The van der Waals surface area contributed by atoms with Crippen molar-refractivity contribution in [3.63, 3.8) is 0 Å². The molecule has 3 nitrogen and oxygen atoms in total. The van der Waals surface area contributed by atoms with Gasteiger partial charge in [0.1, 0.15) is 0 Å². The molecule has 0 saturated carbocycles. The second-order valence-corrected chi connectivity index (χ2v) is 6.31. The van der Waals surface area contributed by atoms with E-state index in [1.54, 1.807) is 0 Å². The van der Waals surface area contributed by atoms with Crippen molar-refractivity contribution in [3.05, 3.63) is 33.2 Å². The van der Waals surface area contributed by atoms with E-state index in [1.807, 2.05) is 0 Å². The number of hydrogen-bond donors (Lipinski definition) is 1. The van der Waals surface area contributed by atoms with Gasteiger partial charge in [0.05, 0.1) is 0 Å². The highest BCUT2D eigenvalue weighted by molar-refractivity contribution is 5.29. The highest BCUT2D eigenvalue weighted by Gasteiger charge is 2.19. The number of nitrogens with zero attached hydrogens (tertiary/aromatic N) is 1. The van der Waals surface area contributed by atoms with E-state index in [-0.39, 0.29) is 5.56 Å². The maximum Gasteiger partial charge on any atom is 0.255 e. The van der Waals surface area contributed by atoms with Gasteiger partial charge in [0.25, 0.3) is 5.56 Å². The van der Waals surface area contributed by atoms with Crippen LogP contribution in [0.25, 0.3) is 0 Å². The molecule has 118 valence electrons. The van der Waals surface area contributed by atoms with Gasteiger partial charge in [0.15, 0.2) is 0 Å². The first-order chi connectivity index (χ1) is 10.2. The zero-order valence-corrected chi connectivity index (χ0v) is 13.9. The lowest BCUT2D eigenvalue weighted by atomic mass is 9.93. The van der Waals surface area contributed by atoms with E-state index in [2.05, 4.69) is 36.7 Å². The fraction of sp³-hybridized carbons (Fsp3) is 0.722. The van der Waals surface area contributed by atoms with E-state index < -0.39 is 0 Å². The second-order valence-electron chi connectivity index (χ2n) is 6.31. The zero-order valence-electron chi connectivity index (χ0n) is 13.9. The summed E-state index contributed by atoms with van der Waals surface area (Å²) < 4.78 is 2.09. The molecule has 0 aromatic carbocycles. The third kappa shape index (κ3) is 3.76. The quantitative estimate of drug-likeness (QED) is 0.779. The lowest BCUT2D eigenvalue weighted by Gasteiger charge is -2.26. The second kappa shape index (κ2) is 7.79. The summed E-state index contributed by atoms with van der Waals surface area (Å²) in [6.07, 6.45) is 8.05. The normalized spacial score (nSPS) is 15.8. The Labute approximate surface area is 128 Å². The Kier molecular flexibility index (Phi) is 6.04. The summed E-state index contributed by atoms with van der Waals surface area (Å²) in [5, 5.41) is 3.42. The molecule has 0 fully saturated rings. The van der Waals surface area contributed by atoms with Gasteiger partial charge in [-0.05, 0) is 63.6 Å². The van der Waals surface area contributed by atoms with E-state index in [1.165, 1.54) is 36.9 Å². The minimum Gasteiger partial charge on any atom is -0.312 e. The molecule has 1 heterocycles. The fourth-order valence-corrected chi connectivity index (χ4v) is 3.19. The number of rotatable bonds is 7. The molecule has 3 heteroatoms. The van der Waals surface area contributed by atoms with Gasteiger partial charge >= 0.3 is 0 Å². The highest BCUT2D eigenvalue weighted by atomic mass is 16.1. The Morgan fingerprint density at radius 3 is 2.76 bits per heavy atom. The van der Waals surface area contributed by atoms with Crippen molar-refractivity contribution in [1.82, 2.24) is 9.88 Å². The molecule has 0 bridgehead atoms. The van der Waals surface area contributed by atoms with Crippen LogP contribution in [0.3, 0.4) is 0 Å². The van der Waals surface area contributed by atoms with Crippen LogP contribution < -0.4 is 10.9 Å². The lowest BCUT2D eigenvalue weighted by Crippen LogP contribution is -2.33. The smallest absolute Gasteiger partial charge is 0.255 e. The largest absolute Gasteiger partial charge is 0.312 e. The zero-order chi connectivity index (χ0) is 15.2. The van der Waals surface area contributed by atoms with E-state index in [9.17, 15) is 4.79 Å². The predicted molar refractivity (Wildman–Crippen MR) is 89.0 cm³/mol. The Bertz CT molecular complexity index is 519. The van der Waals surface area contributed by atoms with Crippen LogP contribution in [-0.4, -0.2) is 11.1 Å². The molecule has 1 aliphatic rings. The predicted octanol–water partition coefficient (Wildman–Crippen LogP) is 3.59. The number of fused-ring (bicyclic) bond motifs is 1. The van der Waals surface area contributed by atoms with Crippen molar-refractivity contribution < 1.29 is 0 Å². The number of aryl methyl sites for hydroxylation is 1. The summed E-state index contributed by atoms with van der Waals surface area (Å²) in [6.45, 7) is 8.23. The number of unbranched alkanes of at least 4 members (excludes halogenated alkanes) is 1. The minimum atomic E-state index is 0.231. The van der Waals surface area contributed by atoms with Crippen LogP contribution in [0, 0.1) is 0 Å². The molecule has 1 N–H and O–H groups in total. The Morgan fingerprint density at radius 1 is 1.29 bits per heavy atom. The monoisotopic (exact) mass is 290 g/mol. The van der Waals surface area contributed by atoms with Crippen molar-refractivity contribution in [2.45, 2.75) is 78.3 Å². The van der Waals surface area contributed by atoms with Crippen LogP contribution in [0.5, 0.6) is 0 Å². The number of nitrogens with one attached hydrogen (secondary N) is 1. The molecule has 0 amide bonds. The van der Waals surface area contributed by atoms with Gasteiger partial charge in [-0.1, -0.05) is 20.3 Å². The standard InChI is InChI=1S/C18H30N2O/c1-4-6-11-19-13-16-12-15-9-7-8-10-17(15)20(18(16)21)14(3)5-2/h12,14,19H,4-11,13H2,1-3H3. The van der Waals surface area contributed by atoms with Crippen LogP contribution in [0.2, 0.25) is 0 Å². The summed E-state index contributed by atoms with van der Waals surface area (Å²) >= 11 is 0. The first-order valence-corrected chi connectivity index (χ1v) is 8.65. The molecule has 0 aliphatic heterocycles. The molecule has 0 radical (unpaired) electrons. The summed E-state index contributed by atoms with van der Waals surface area (Å²) in [5.74, 6) is 0. The molecule has 1 atom stereocenters. The van der Waals surface area contributed by atoms with Crippen molar-refractivity contribution in [1.29, 1.82) is 0 Å². The molecular weight excluding hydrogens is 260 g/mol. The Hall–Kier alpha value is -1.09. The SMILES string of the molecule is CCCCNCc1cc2c(n(C(C)CC)c1=O)CCCC2. The molecular formula is C18H30N2O. The minimum absolute atomic E-state index is 0.231. The fourth-order valence-electron chi connectivity index (χ4n) is 3.19. The molecule has 1 aliphatic carbocycles. The topological polar surface area (TPSA) is 34.0 Å². The lowest BCUT2D eigenvalue weighted by molar-refractivity contribution is 0.469. The Balaban J connectivity index is 2.31. The molecule has 1 aromatic heterocycles. The Morgan fingerprint density at radius 2 is 2.05 bits per heavy atom. The number of hydrogen-bond acceptors (Lipinski definition) is 2. The number of pyridine rings is 1. The van der Waals surface area contributed by atoms with Crippen LogP contribution in [0.15, 0.2) is 10.9 Å². The van der Waals surface area contributed by atoms with E-state index in [0.717, 1.165) is 31.4 Å². The van der Waals surface area contributed by atoms with Crippen molar-refractivity contribution >= 4 is 0 Å². The molecule has 21 heavy (non-hydrogen) atoms. The van der Waals surface area contributed by atoms with Gasteiger partial charge in [-0.3, -0.25) is 4.79 Å². The maximum atomic E-state index is 12.8. The maximum absolute atomic E-state index is 12.8. The highest BCUT2D eigenvalue weighted by Crippen LogP contribution is 2.24. The van der Waals surface area contributed by atoms with E-state index >= 15 is 0 Å². The van der Waals surface area contributed by atoms with Gasteiger partial charge in [-0.25, -0.2) is 0 Å². The van der Waals surface area contributed by atoms with Crippen LogP contribution in [0.4, 0.5) is 0 Å². The van der Waals surface area contributed by atoms with Gasteiger partial charge in [0, 0.05) is 23.8 Å². The summed E-state index contributed by atoms with van der Waals surface area (Å²) in [4.78, 5) is 12.8. The van der Waals surface area contributed by atoms with Gasteiger partial charge in [-0.2, -0.15) is 0 Å². The summed E-state index contributed by atoms with van der Waals surface area (Å²) in [7, 11) is 0. The number of aromatic nitrogens is 1. The van der Waals surface area contributed by atoms with Crippen LogP contribution in [-0.2, 0) is 19.4 Å². The van der Waals surface area contributed by atoms with E-state index in [4.69, 9.17) is 0 Å². The molecule has 2 rings (SSSR count). The van der Waals surface area contributed by atoms with Crippen molar-refractivity contribution in [2.75, 3.05) is 6.54 Å². The average molecular weight is 290 g/mol. The van der Waals surface area contributed by atoms with E-state index in [0.29, 0.717) is 12.6 Å². The first-order valence-electron chi connectivity index (χ1n) is 8.65. The summed E-state index contributed by atoms with van der Waals surface area (Å²) in [6, 6.07) is 2.48. The average Bonchev–Trinajstić information content (AvgIpc) is 2.51. The molecule has 1 aromatic rings. The van der Waals surface area contributed by atoms with Crippen molar-refractivity contribution in [3.8, 4) is 0 Å². The summed E-state index contributed by atoms with van der Waals surface area (Å²) in [5.41, 5.74) is 3.90. The van der Waals surface area contributed by atoms with Gasteiger partial charge < -0.3 is 9.88 Å². The van der Waals surface area contributed by atoms with Gasteiger partial charge in [-0.15, -0.1) is 0 Å². The third-order valence-electron chi connectivity index (χ3n) is 4.67. The van der Waals surface area contributed by atoms with Crippen LogP contribution >= 0.6 is 0 Å². The molecule has 0 saturated heterocycles. The third-order valence-corrected chi connectivity index (χ3v) is 4.67. The van der Waals surface area contributed by atoms with Crippen LogP contribution in [0.1, 0.15) is 75.7 Å². The first kappa shape index (κ1) is 16.3. The van der Waals surface area contributed by atoms with Gasteiger partial charge in [0.2, 0.25) is 0 Å². The molecule has 1 unspecified atom stereocenters. The van der Waals surface area contributed by atoms with Crippen molar-refractivity contribution in [2.24, 2.45) is 0 Å².